The number of hydrogen-bond acceptors (Lipinski definition) is 4. The molecule has 0 unspecified atom stereocenters. The van der Waals surface area contributed by atoms with Crippen LogP contribution in [0.2, 0.25) is 0 Å². The van der Waals surface area contributed by atoms with Gasteiger partial charge < -0.3 is 4.57 Å². The molecule has 0 aliphatic heterocycles. The van der Waals surface area contributed by atoms with Crippen molar-refractivity contribution in [2.75, 3.05) is 0 Å². The van der Waals surface area contributed by atoms with Gasteiger partial charge in [-0.05, 0) is 34.9 Å². The second-order valence-corrected chi connectivity index (χ2v) is 6.79. The number of aromatic nitrogens is 3. The lowest BCUT2D eigenvalue weighted by Crippen LogP contribution is -2.04. The summed E-state index contributed by atoms with van der Waals surface area (Å²) in [5.41, 5.74) is 6.01. The molecule has 1 aliphatic rings. The van der Waals surface area contributed by atoms with Crippen molar-refractivity contribution in [2.45, 2.75) is 13.0 Å². The molecule has 142 valence electrons. The second-order valence-electron chi connectivity index (χ2n) is 6.79. The Bertz CT molecular complexity index is 1190. The summed E-state index contributed by atoms with van der Waals surface area (Å²) in [6.45, 7) is 0.600. The van der Waals surface area contributed by atoms with Crippen LogP contribution < -0.4 is 0 Å². The molecular weight excluding hydrogens is 362 g/mol. The molecule has 4 aromatic rings. The van der Waals surface area contributed by atoms with Gasteiger partial charge in [-0.1, -0.05) is 42.5 Å². The zero-order valence-electron chi connectivity index (χ0n) is 15.7. The minimum atomic E-state index is 0.600. The van der Waals surface area contributed by atoms with Crippen LogP contribution in [0.25, 0.3) is 17.0 Å². The highest BCUT2D eigenvalue weighted by atomic mass is 16.1. The quantitative estimate of drug-likeness (QED) is 0.499. The van der Waals surface area contributed by atoms with Gasteiger partial charge in [0.1, 0.15) is 12.6 Å². The molecule has 0 saturated carbocycles. The maximum atomic E-state index is 11.1. The van der Waals surface area contributed by atoms with E-state index >= 15 is 0 Å². The lowest BCUT2D eigenvalue weighted by Gasteiger charge is -2.06. The van der Waals surface area contributed by atoms with Crippen molar-refractivity contribution >= 4 is 29.6 Å². The monoisotopic (exact) mass is 381 g/mol. The molecule has 2 aromatic heterocycles. The fraction of sp³-hybridized carbons (Fsp3) is 0.0833. The maximum Gasteiger partial charge on any atom is 0.166 e. The fourth-order valence-corrected chi connectivity index (χ4v) is 3.48. The average Bonchev–Trinajstić information content (AvgIpc) is 3.36. The number of nitrogens with zero attached hydrogens (tertiary/aromatic N) is 3. The summed E-state index contributed by atoms with van der Waals surface area (Å²) in [4.78, 5) is 29.5. The summed E-state index contributed by atoms with van der Waals surface area (Å²) >= 11 is 0. The van der Waals surface area contributed by atoms with Gasteiger partial charge in [0.2, 0.25) is 0 Å². The molecule has 0 amide bonds. The molecule has 0 atom stereocenters. The van der Waals surface area contributed by atoms with E-state index in [1.165, 1.54) is 17.5 Å². The van der Waals surface area contributed by atoms with Gasteiger partial charge in [-0.15, -0.1) is 0 Å². The van der Waals surface area contributed by atoms with Crippen LogP contribution >= 0.6 is 0 Å². The Morgan fingerprint density at radius 2 is 1.69 bits per heavy atom. The number of fused-ring (bicyclic) bond motifs is 2. The first kappa shape index (κ1) is 18.5. The van der Waals surface area contributed by atoms with Crippen molar-refractivity contribution < 1.29 is 9.59 Å². The van der Waals surface area contributed by atoms with Gasteiger partial charge in [-0.2, -0.15) is 0 Å². The normalized spacial score (nSPS) is 11.9. The number of rotatable bonds is 4. The first-order chi connectivity index (χ1) is 14.3. The van der Waals surface area contributed by atoms with Gasteiger partial charge in [-0.25, -0.2) is 9.97 Å². The van der Waals surface area contributed by atoms with E-state index in [-0.39, 0.29) is 0 Å². The van der Waals surface area contributed by atoms with Crippen molar-refractivity contribution in [2.24, 2.45) is 0 Å². The molecule has 0 radical (unpaired) electrons. The lowest BCUT2D eigenvalue weighted by molar-refractivity contribution is -0.104. The number of hydrogen-bond donors (Lipinski definition) is 0. The van der Waals surface area contributed by atoms with Crippen molar-refractivity contribution in [1.29, 1.82) is 0 Å². The average molecular weight is 381 g/mol. The molecule has 1 aliphatic carbocycles. The van der Waals surface area contributed by atoms with Crippen molar-refractivity contribution in [3.63, 3.8) is 0 Å². The molecule has 0 saturated heterocycles. The van der Waals surface area contributed by atoms with Crippen LogP contribution in [-0.4, -0.2) is 27.1 Å². The topological polar surface area (TPSA) is 64.8 Å². The third-order valence-corrected chi connectivity index (χ3v) is 4.86. The molecule has 29 heavy (non-hydrogen) atoms. The Kier molecular flexibility index (Phi) is 5.38. The highest BCUT2D eigenvalue weighted by molar-refractivity contribution is 5.89. The first-order valence-corrected chi connectivity index (χ1v) is 9.29. The minimum Gasteiger partial charge on any atom is -0.334 e. The van der Waals surface area contributed by atoms with E-state index in [4.69, 9.17) is 0 Å². The molecule has 0 bridgehead atoms. The maximum absolute atomic E-state index is 11.1. The summed E-state index contributed by atoms with van der Waals surface area (Å²) in [5.74, 6) is 0. The summed E-state index contributed by atoms with van der Waals surface area (Å²) in [6, 6.07) is 17.9. The molecule has 2 heterocycles. The predicted octanol–water partition coefficient (Wildman–Crippen LogP) is 4.12. The van der Waals surface area contributed by atoms with E-state index in [0.717, 1.165) is 41.0 Å². The Labute approximate surface area is 168 Å². The van der Waals surface area contributed by atoms with Crippen molar-refractivity contribution in [1.82, 2.24) is 14.5 Å². The van der Waals surface area contributed by atoms with E-state index in [1.807, 2.05) is 59.2 Å². The van der Waals surface area contributed by atoms with Gasteiger partial charge >= 0.3 is 0 Å². The van der Waals surface area contributed by atoms with E-state index in [2.05, 4.69) is 16.0 Å². The summed E-state index contributed by atoms with van der Waals surface area (Å²) in [5, 5.41) is 1.07. The smallest absolute Gasteiger partial charge is 0.166 e. The van der Waals surface area contributed by atoms with E-state index in [1.54, 1.807) is 12.4 Å². The van der Waals surface area contributed by atoms with Crippen LogP contribution in [0.3, 0.4) is 0 Å². The van der Waals surface area contributed by atoms with Gasteiger partial charge in [0.25, 0.3) is 0 Å². The number of allylic oxidation sites excluding steroid dienone is 1. The van der Waals surface area contributed by atoms with Crippen LogP contribution in [-0.2, 0) is 17.8 Å². The van der Waals surface area contributed by atoms with Crippen LogP contribution in [0.15, 0.2) is 78.9 Å². The first-order valence-electron chi connectivity index (χ1n) is 9.29. The number of carbonyl (C=O) groups excluding carboxylic acids is 2. The number of benzene rings is 2. The van der Waals surface area contributed by atoms with Gasteiger partial charge in [0.15, 0.2) is 6.29 Å². The molecule has 0 spiro atoms. The Hall–Kier alpha value is -3.86. The number of aldehydes is 2. The molecular formula is C24H19N3O2. The highest BCUT2D eigenvalue weighted by Gasteiger charge is 2.10. The van der Waals surface area contributed by atoms with Crippen LogP contribution in [0.1, 0.15) is 27.2 Å². The number of para-hydroxylation sites is 1. The van der Waals surface area contributed by atoms with E-state index in [0.29, 0.717) is 12.2 Å². The van der Waals surface area contributed by atoms with E-state index in [9.17, 15) is 9.59 Å². The van der Waals surface area contributed by atoms with Crippen LogP contribution in [0.4, 0.5) is 0 Å². The third kappa shape index (κ3) is 4.04. The van der Waals surface area contributed by atoms with Gasteiger partial charge in [0, 0.05) is 35.3 Å². The Morgan fingerprint density at radius 1 is 0.931 bits per heavy atom. The third-order valence-electron chi connectivity index (χ3n) is 4.86. The van der Waals surface area contributed by atoms with E-state index < -0.39 is 0 Å². The number of carbonyl (C=O) groups is 2. The van der Waals surface area contributed by atoms with Gasteiger partial charge in [0.05, 0.1) is 12.2 Å². The molecule has 0 N–H and O–H groups in total. The summed E-state index contributed by atoms with van der Waals surface area (Å²) in [6.07, 6.45) is 9.58. The van der Waals surface area contributed by atoms with Crippen molar-refractivity contribution in [3.8, 4) is 0 Å². The Balaban J connectivity index is 0.000000159. The highest BCUT2D eigenvalue weighted by Crippen LogP contribution is 2.23. The molecule has 5 heteroatoms. The largest absolute Gasteiger partial charge is 0.334 e. The molecule has 5 rings (SSSR count). The standard InChI is InChI=1S/C14H11N3O.C10H8O/c18-9-13-5-12-3-1-2-4-14(12)17(13)8-11-6-15-10-16-7-11;11-7-8-5-9-3-1-2-4-10(9)6-8/h1-7,9-10H,8H2;1-5,7H,6H2. The summed E-state index contributed by atoms with van der Waals surface area (Å²) < 4.78 is 1.97. The van der Waals surface area contributed by atoms with Crippen LogP contribution in [0.5, 0.6) is 0 Å². The van der Waals surface area contributed by atoms with Crippen molar-refractivity contribution in [3.05, 3.63) is 101 Å². The predicted molar refractivity (Wildman–Crippen MR) is 113 cm³/mol. The van der Waals surface area contributed by atoms with Crippen LogP contribution in [0, 0.1) is 0 Å². The minimum absolute atomic E-state index is 0.600. The Morgan fingerprint density at radius 3 is 2.45 bits per heavy atom. The molecule has 5 nitrogen and oxygen atoms in total. The SMILES string of the molecule is O=CC1=Cc2ccccc2C1.O=Cc1cc2ccccc2n1Cc1cncnc1. The lowest BCUT2D eigenvalue weighted by atomic mass is 10.1. The summed E-state index contributed by atoms with van der Waals surface area (Å²) in [7, 11) is 0. The fourth-order valence-electron chi connectivity index (χ4n) is 3.48. The zero-order chi connectivity index (χ0) is 20.1. The zero-order valence-corrected chi connectivity index (χ0v) is 15.7. The van der Waals surface area contributed by atoms with Gasteiger partial charge in [-0.3, -0.25) is 9.59 Å². The second kappa shape index (κ2) is 8.44. The molecule has 2 aromatic carbocycles. The molecule has 0 fully saturated rings.